The monoisotopic (exact) mass is 279 g/mol. The van der Waals surface area contributed by atoms with Gasteiger partial charge in [-0.1, -0.05) is 30.3 Å². The molecular formula is C17H17N3O. The van der Waals surface area contributed by atoms with Crippen LogP contribution in [0.25, 0.3) is 10.9 Å². The summed E-state index contributed by atoms with van der Waals surface area (Å²) in [4.78, 5) is 8.59. The molecule has 21 heavy (non-hydrogen) atoms. The number of hydrogen-bond acceptors (Lipinski definition) is 4. The number of fused-ring (bicyclic) bond motifs is 1. The Morgan fingerprint density at radius 1 is 1.00 bits per heavy atom. The van der Waals surface area contributed by atoms with E-state index in [4.69, 9.17) is 4.74 Å². The van der Waals surface area contributed by atoms with Crippen LogP contribution in [0.3, 0.4) is 0 Å². The van der Waals surface area contributed by atoms with Crippen LogP contribution in [0.1, 0.15) is 5.56 Å². The fourth-order valence-electron chi connectivity index (χ4n) is 2.37. The van der Waals surface area contributed by atoms with E-state index < -0.39 is 0 Å². The van der Waals surface area contributed by atoms with Gasteiger partial charge in [-0.3, -0.25) is 0 Å². The van der Waals surface area contributed by atoms with E-state index in [0.29, 0.717) is 0 Å². The predicted octanol–water partition coefficient (Wildman–Crippen LogP) is 3.29. The van der Waals surface area contributed by atoms with Gasteiger partial charge in [0, 0.05) is 11.9 Å². The highest BCUT2D eigenvalue weighted by Gasteiger charge is 2.04. The minimum absolute atomic E-state index is 0.793. The summed E-state index contributed by atoms with van der Waals surface area (Å²) in [5.74, 6) is 1.79. The summed E-state index contributed by atoms with van der Waals surface area (Å²) in [5, 5.41) is 4.42. The average Bonchev–Trinajstić information content (AvgIpc) is 2.55. The molecule has 0 radical (unpaired) electrons. The van der Waals surface area contributed by atoms with E-state index in [9.17, 15) is 0 Å². The molecule has 0 aliphatic heterocycles. The van der Waals surface area contributed by atoms with E-state index in [1.165, 1.54) is 5.56 Å². The fourth-order valence-corrected chi connectivity index (χ4v) is 2.37. The van der Waals surface area contributed by atoms with Gasteiger partial charge in [0.1, 0.15) is 17.9 Å². The van der Waals surface area contributed by atoms with Gasteiger partial charge >= 0.3 is 0 Å². The standard InChI is InChI=1S/C17H17N3O/c1-21-16-9-5-2-6-13(16)10-11-18-17-14-7-3-4-8-15(14)19-12-20-17/h2-9,12H,10-11H2,1H3,(H,18,19,20). The molecule has 3 aromatic rings. The van der Waals surface area contributed by atoms with Gasteiger partial charge in [0.15, 0.2) is 0 Å². The first kappa shape index (κ1) is 13.4. The molecule has 0 aliphatic carbocycles. The highest BCUT2D eigenvalue weighted by atomic mass is 16.5. The fraction of sp³-hybridized carbons (Fsp3) is 0.176. The zero-order chi connectivity index (χ0) is 14.5. The summed E-state index contributed by atoms with van der Waals surface area (Å²) >= 11 is 0. The summed E-state index contributed by atoms with van der Waals surface area (Å²) in [6.07, 6.45) is 2.47. The maximum absolute atomic E-state index is 5.36. The van der Waals surface area contributed by atoms with Crippen LogP contribution >= 0.6 is 0 Å². The molecule has 0 spiro atoms. The van der Waals surface area contributed by atoms with E-state index in [1.807, 2.05) is 42.5 Å². The van der Waals surface area contributed by atoms with E-state index in [0.717, 1.165) is 35.4 Å². The molecule has 1 heterocycles. The van der Waals surface area contributed by atoms with Crippen LogP contribution in [-0.2, 0) is 6.42 Å². The summed E-state index contributed by atoms with van der Waals surface area (Å²) in [6.45, 7) is 0.793. The number of benzene rings is 2. The summed E-state index contributed by atoms with van der Waals surface area (Å²) in [7, 11) is 1.70. The van der Waals surface area contributed by atoms with Gasteiger partial charge in [-0.2, -0.15) is 0 Å². The largest absolute Gasteiger partial charge is 0.496 e. The number of para-hydroxylation sites is 2. The van der Waals surface area contributed by atoms with Crippen molar-refractivity contribution >= 4 is 16.7 Å². The Kier molecular flexibility index (Phi) is 3.96. The van der Waals surface area contributed by atoms with Crippen LogP contribution in [0.2, 0.25) is 0 Å². The van der Waals surface area contributed by atoms with Crippen molar-refractivity contribution in [1.82, 2.24) is 9.97 Å². The molecule has 0 bridgehead atoms. The number of ether oxygens (including phenoxy) is 1. The molecule has 0 atom stereocenters. The SMILES string of the molecule is COc1ccccc1CCNc1ncnc2ccccc12. The quantitative estimate of drug-likeness (QED) is 0.778. The van der Waals surface area contributed by atoms with Gasteiger partial charge in [0.25, 0.3) is 0 Å². The van der Waals surface area contributed by atoms with Crippen molar-refractivity contribution < 1.29 is 4.74 Å². The Morgan fingerprint density at radius 2 is 1.81 bits per heavy atom. The second kappa shape index (κ2) is 6.22. The van der Waals surface area contributed by atoms with E-state index in [2.05, 4.69) is 21.4 Å². The number of aromatic nitrogens is 2. The van der Waals surface area contributed by atoms with Gasteiger partial charge in [-0.25, -0.2) is 9.97 Å². The number of methoxy groups -OCH3 is 1. The Hall–Kier alpha value is -2.62. The van der Waals surface area contributed by atoms with Crippen molar-refractivity contribution in [2.75, 3.05) is 19.0 Å². The van der Waals surface area contributed by atoms with Crippen molar-refractivity contribution in [3.63, 3.8) is 0 Å². The number of nitrogens with zero attached hydrogens (tertiary/aromatic N) is 2. The third kappa shape index (κ3) is 2.94. The number of hydrogen-bond donors (Lipinski definition) is 1. The zero-order valence-electron chi connectivity index (χ0n) is 11.9. The highest BCUT2D eigenvalue weighted by Crippen LogP contribution is 2.20. The Bertz CT molecular complexity index is 737. The lowest BCUT2D eigenvalue weighted by Gasteiger charge is -2.10. The smallest absolute Gasteiger partial charge is 0.137 e. The molecule has 4 nitrogen and oxygen atoms in total. The van der Waals surface area contributed by atoms with Gasteiger partial charge in [0.2, 0.25) is 0 Å². The predicted molar refractivity (Wildman–Crippen MR) is 84.7 cm³/mol. The van der Waals surface area contributed by atoms with Crippen molar-refractivity contribution in [2.45, 2.75) is 6.42 Å². The molecule has 0 amide bonds. The summed E-state index contributed by atoms with van der Waals surface area (Å²) in [5.41, 5.74) is 2.14. The van der Waals surface area contributed by atoms with Crippen LogP contribution in [0.4, 0.5) is 5.82 Å². The number of anilines is 1. The molecule has 106 valence electrons. The van der Waals surface area contributed by atoms with E-state index in [1.54, 1.807) is 13.4 Å². The van der Waals surface area contributed by atoms with Gasteiger partial charge < -0.3 is 10.1 Å². The summed E-state index contributed by atoms with van der Waals surface area (Å²) < 4.78 is 5.36. The first-order valence-corrected chi connectivity index (χ1v) is 6.94. The molecule has 4 heteroatoms. The first-order chi connectivity index (χ1) is 10.4. The second-order valence-electron chi connectivity index (χ2n) is 4.73. The molecular weight excluding hydrogens is 262 g/mol. The molecule has 0 saturated heterocycles. The molecule has 1 N–H and O–H groups in total. The lowest BCUT2D eigenvalue weighted by atomic mass is 10.1. The summed E-state index contributed by atoms with van der Waals surface area (Å²) in [6, 6.07) is 16.1. The maximum atomic E-state index is 5.36. The van der Waals surface area contributed by atoms with Crippen molar-refractivity contribution in [1.29, 1.82) is 0 Å². The molecule has 0 unspecified atom stereocenters. The minimum atomic E-state index is 0.793. The third-order valence-electron chi connectivity index (χ3n) is 3.42. The van der Waals surface area contributed by atoms with E-state index >= 15 is 0 Å². The normalized spacial score (nSPS) is 10.5. The molecule has 2 aromatic carbocycles. The van der Waals surface area contributed by atoms with Crippen LogP contribution < -0.4 is 10.1 Å². The minimum Gasteiger partial charge on any atom is -0.496 e. The second-order valence-corrected chi connectivity index (χ2v) is 4.73. The molecule has 3 rings (SSSR count). The molecule has 0 saturated carbocycles. The lowest BCUT2D eigenvalue weighted by Crippen LogP contribution is -2.07. The topological polar surface area (TPSA) is 47.0 Å². The average molecular weight is 279 g/mol. The Balaban J connectivity index is 1.72. The van der Waals surface area contributed by atoms with Gasteiger partial charge in [0.05, 0.1) is 12.6 Å². The van der Waals surface area contributed by atoms with Crippen LogP contribution in [0.5, 0.6) is 5.75 Å². The number of nitrogens with one attached hydrogen (secondary N) is 1. The van der Waals surface area contributed by atoms with Crippen molar-refractivity contribution in [2.24, 2.45) is 0 Å². The van der Waals surface area contributed by atoms with Gasteiger partial charge in [-0.15, -0.1) is 0 Å². The highest BCUT2D eigenvalue weighted by molar-refractivity contribution is 5.88. The van der Waals surface area contributed by atoms with Crippen LogP contribution in [0, 0.1) is 0 Å². The van der Waals surface area contributed by atoms with Crippen molar-refractivity contribution in [3.8, 4) is 5.75 Å². The van der Waals surface area contributed by atoms with Crippen LogP contribution in [-0.4, -0.2) is 23.6 Å². The maximum Gasteiger partial charge on any atom is 0.137 e. The van der Waals surface area contributed by atoms with Gasteiger partial charge in [-0.05, 0) is 30.2 Å². The number of rotatable bonds is 5. The lowest BCUT2D eigenvalue weighted by molar-refractivity contribution is 0.410. The molecule has 1 aromatic heterocycles. The third-order valence-corrected chi connectivity index (χ3v) is 3.42. The molecule has 0 aliphatic rings. The molecule has 0 fully saturated rings. The Morgan fingerprint density at radius 3 is 2.71 bits per heavy atom. The van der Waals surface area contributed by atoms with E-state index in [-0.39, 0.29) is 0 Å². The zero-order valence-corrected chi connectivity index (χ0v) is 11.9. The van der Waals surface area contributed by atoms with Crippen LogP contribution in [0.15, 0.2) is 54.9 Å². The first-order valence-electron chi connectivity index (χ1n) is 6.94. The Labute approximate surface area is 123 Å². The van der Waals surface area contributed by atoms with Crippen molar-refractivity contribution in [3.05, 3.63) is 60.4 Å².